The first kappa shape index (κ1) is 19.4. The minimum Gasteiger partial charge on any atom is -0.267 e. The molecule has 0 bridgehead atoms. The van der Waals surface area contributed by atoms with Crippen molar-refractivity contribution in [2.24, 2.45) is 0 Å². The van der Waals surface area contributed by atoms with Gasteiger partial charge in [0, 0.05) is 26.1 Å². The zero-order chi connectivity index (χ0) is 19.2. The van der Waals surface area contributed by atoms with E-state index in [4.69, 9.17) is 0 Å². The Bertz CT molecular complexity index is 1170. The second-order valence-electron chi connectivity index (χ2n) is 5.38. The van der Waals surface area contributed by atoms with Crippen LogP contribution in [0.1, 0.15) is 0 Å². The number of hydrogen-bond acceptors (Lipinski definition) is 4. The van der Waals surface area contributed by atoms with Crippen LogP contribution in [0.25, 0.3) is 16.9 Å². The van der Waals surface area contributed by atoms with Gasteiger partial charge in [0.25, 0.3) is 0 Å². The van der Waals surface area contributed by atoms with E-state index in [0.717, 1.165) is 23.7 Å². The lowest BCUT2D eigenvalue weighted by atomic mass is 10.1. The maximum atomic E-state index is 14.5. The van der Waals surface area contributed by atoms with Gasteiger partial charge in [-0.25, -0.2) is 17.2 Å². The molecule has 2 aromatic carbocycles. The maximum Gasteiger partial charge on any atom is 0.312 e. The summed E-state index contributed by atoms with van der Waals surface area (Å²) in [6.07, 6.45) is 0.796. The second-order valence-corrected chi connectivity index (χ2v) is 10.0. The largest absolute Gasteiger partial charge is 0.312 e. The molecule has 1 heterocycles. The molecule has 0 amide bonds. The van der Waals surface area contributed by atoms with Gasteiger partial charge in [0.15, 0.2) is 9.84 Å². The third kappa shape index (κ3) is 3.68. The Kier molecular flexibility index (Phi) is 5.22. The molecule has 3 aromatic rings. The summed E-state index contributed by atoms with van der Waals surface area (Å²) in [5.41, 5.74) is 0.366. The molecule has 10 heteroatoms. The molecule has 0 aliphatic rings. The third-order valence-corrected chi connectivity index (χ3v) is 6.25. The van der Waals surface area contributed by atoms with Crippen LogP contribution < -0.4 is 4.87 Å². The van der Waals surface area contributed by atoms with Crippen molar-refractivity contribution in [1.29, 1.82) is 0 Å². The van der Waals surface area contributed by atoms with E-state index in [2.05, 4.69) is 31.9 Å². The minimum absolute atomic E-state index is 0.126. The first-order valence-electron chi connectivity index (χ1n) is 6.94. The molecule has 0 N–H and O–H groups in total. The van der Waals surface area contributed by atoms with Crippen molar-refractivity contribution in [3.63, 3.8) is 0 Å². The average molecular weight is 525 g/mol. The number of rotatable bonds is 3. The molecule has 0 unspecified atom stereocenters. The summed E-state index contributed by atoms with van der Waals surface area (Å²) in [6, 6.07) is 6.49. The van der Waals surface area contributed by atoms with Crippen molar-refractivity contribution in [3.8, 4) is 16.9 Å². The van der Waals surface area contributed by atoms with Gasteiger partial charge in [-0.05, 0) is 30.3 Å². The summed E-state index contributed by atoms with van der Waals surface area (Å²) < 4.78 is 54.5. The molecule has 0 aliphatic carbocycles. The van der Waals surface area contributed by atoms with Crippen molar-refractivity contribution in [2.75, 3.05) is 6.26 Å². The molecule has 4 nitrogen and oxygen atoms in total. The van der Waals surface area contributed by atoms with Gasteiger partial charge < -0.3 is 0 Å². The molecule has 0 fully saturated rings. The third-order valence-electron chi connectivity index (χ3n) is 3.50. The van der Waals surface area contributed by atoms with Crippen molar-refractivity contribution in [1.82, 2.24) is 4.57 Å². The van der Waals surface area contributed by atoms with E-state index in [1.807, 2.05) is 0 Å². The quantitative estimate of drug-likeness (QED) is 0.495. The summed E-state index contributed by atoms with van der Waals surface area (Å²) in [5.74, 6) is -2.02. The summed E-state index contributed by atoms with van der Waals surface area (Å²) >= 11 is 7.46. The molecule has 26 heavy (non-hydrogen) atoms. The van der Waals surface area contributed by atoms with Crippen LogP contribution in [0.15, 0.2) is 54.3 Å². The Balaban J connectivity index is 2.28. The molecule has 0 atom stereocenters. The van der Waals surface area contributed by atoms with Gasteiger partial charge in [-0.3, -0.25) is 9.36 Å². The number of nitrogens with zero attached hydrogens (tertiary/aromatic N) is 1. The fourth-order valence-electron chi connectivity index (χ4n) is 2.42. The number of thiazole rings is 1. The van der Waals surface area contributed by atoms with Gasteiger partial charge in [0.2, 0.25) is 0 Å². The van der Waals surface area contributed by atoms with Crippen LogP contribution in [0.4, 0.5) is 8.78 Å². The van der Waals surface area contributed by atoms with Crippen LogP contribution >= 0.6 is 43.2 Å². The van der Waals surface area contributed by atoms with Crippen LogP contribution in [0.2, 0.25) is 0 Å². The Morgan fingerprint density at radius 3 is 2.19 bits per heavy atom. The SMILES string of the molecule is CS(=O)(=O)c1cc(F)c(-c2csc(=O)n2-c2cc(Br)cc(Br)c2)cc1F. The molecule has 136 valence electrons. The van der Waals surface area contributed by atoms with E-state index in [1.54, 1.807) is 18.2 Å². The molecule has 1 aromatic heterocycles. The van der Waals surface area contributed by atoms with Crippen molar-refractivity contribution in [2.45, 2.75) is 4.90 Å². The molecule has 0 radical (unpaired) electrons. The van der Waals surface area contributed by atoms with Gasteiger partial charge in [-0.1, -0.05) is 43.2 Å². The highest BCUT2D eigenvalue weighted by Gasteiger charge is 2.21. The summed E-state index contributed by atoms with van der Waals surface area (Å²) in [7, 11) is -3.92. The number of halogens is 4. The first-order chi connectivity index (χ1) is 12.1. The van der Waals surface area contributed by atoms with E-state index in [-0.39, 0.29) is 11.3 Å². The average Bonchev–Trinajstić information content (AvgIpc) is 2.88. The summed E-state index contributed by atoms with van der Waals surface area (Å²) in [4.78, 5) is 11.2. The van der Waals surface area contributed by atoms with Crippen LogP contribution in [0, 0.1) is 11.6 Å². The van der Waals surface area contributed by atoms with Gasteiger partial charge in [0.05, 0.1) is 11.4 Å². The van der Waals surface area contributed by atoms with E-state index < -0.39 is 31.2 Å². The molecule has 0 aliphatic heterocycles. The highest BCUT2D eigenvalue weighted by atomic mass is 79.9. The van der Waals surface area contributed by atoms with Crippen LogP contribution in [0.5, 0.6) is 0 Å². The van der Waals surface area contributed by atoms with Crippen molar-refractivity contribution < 1.29 is 17.2 Å². The lowest BCUT2D eigenvalue weighted by Gasteiger charge is -2.11. The van der Waals surface area contributed by atoms with Gasteiger partial charge >= 0.3 is 4.87 Å². The number of hydrogen-bond donors (Lipinski definition) is 0. The van der Waals surface area contributed by atoms with E-state index in [0.29, 0.717) is 20.7 Å². The Labute approximate surface area is 168 Å². The molecule has 0 spiro atoms. The van der Waals surface area contributed by atoms with Crippen LogP contribution in [-0.2, 0) is 9.84 Å². The highest BCUT2D eigenvalue weighted by Crippen LogP contribution is 2.31. The minimum atomic E-state index is -3.92. The number of aromatic nitrogens is 1. The van der Waals surface area contributed by atoms with Crippen molar-refractivity contribution >= 4 is 53.0 Å². The standard InChI is InChI=1S/C16H9Br2F2NO3S2/c1-26(23,24)15-6-12(19)11(5-13(15)20)14-7-25-16(22)21(14)10-3-8(17)2-9(18)4-10/h2-7H,1H3. The number of benzene rings is 2. The van der Waals surface area contributed by atoms with Gasteiger partial charge in [0.1, 0.15) is 16.5 Å². The Hall–Kier alpha value is -1.36. The first-order valence-corrected chi connectivity index (χ1v) is 11.3. The van der Waals surface area contributed by atoms with Crippen LogP contribution in [-0.4, -0.2) is 19.2 Å². The predicted octanol–water partition coefficient (Wildman–Crippen LogP) is 4.77. The van der Waals surface area contributed by atoms with E-state index in [1.165, 1.54) is 9.95 Å². The fraction of sp³-hybridized carbons (Fsp3) is 0.0625. The zero-order valence-corrected chi connectivity index (χ0v) is 17.8. The highest BCUT2D eigenvalue weighted by molar-refractivity contribution is 9.11. The smallest absolute Gasteiger partial charge is 0.267 e. The summed E-state index contributed by atoms with van der Waals surface area (Å²) in [6.45, 7) is 0. The lowest BCUT2D eigenvalue weighted by Crippen LogP contribution is -2.13. The van der Waals surface area contributed by atoms with Crippen LogP contribution in [0.3, 0.4) is 0 Å². The summed E-state index contributed by atoms with van der Waals surface area (Å²) in [5, 5.41) is 1.40. The maximum absolute atomic E-state index is 14.5. The predicted molar refractivity (Wildman–Crippen MR) is 104 cm³/mol. The van der Waals surface area contributed by atoms with Crippen molar-refractivity contribution in [3.05, 3.63) is 66.0 Å². The normalized spacial score (nSPS) is 11.7. The fourth-order valence-corrected chi connectivity index (χ4v) is 5.17. The zero-order valence-electron chi connectivity index (χ0n) is 13.0. The molecule has 0 saturated heterocycles. The molecular weight excluding hydrogens is 516 g/mol. The molecule has 0 saturated carbocycles. The number of sulfone groups is 1. The molecular formula is C16H9Br2F2NO3S2. The monoisotopic (exact) mass is 523 g/mol. The van der Waals surface area contributed by atoms with Gasteiger partial charge in [-0.2, -0.15) is 0 Å². The Morgan fingerprint density at radius 1 is 1.00 bits per heavy atom. The Morgan fingerprint density at radius 2 is 1.62 bits per heavy atom. The van der Waals surface area contributed by atoms with E-state index in [9.17, 15) is 22.0 Å². The second kappa shape index (κ2) is 6.99. The van der Waals surface area contributed by atoms with Gasteiger partial charge in [-0.15, -0.1) is 0 Å². The molecule has 3 rings (SSSR count). The van der Waals surface area contributed by atoms with E-state index >= 15 is 0 Å². The topological polar surface area (TPSA) is 56.1 Å². The lowest BCUT2D eigenvalue weighted by molar-refractivity contribution is 0.557.